The number of nitrogens with one attached hydrogen (secondary N) is 1. The summed E-state index contributed by atoms with van der Waals surface area (Å²) in [7, 11) is 0. The predicted molar refractivity (Wildman–Crippen MR) is 72.0 cm³/mol. The van der Waals surface area contributed by atoms with E-state index in [4.69, 9.17) is 0 Å². The Balaban J connectivity index is 2.14. The van der Waals surface area contributed by atoms with Gasteiger partial charge in [-0.15, -0.1) is 13.2 Å². The maximum atomic E-state index is 12.2. The van der Waals surface area contributed by atoms with Crippen molar-refractivity contribution in [2.45, 2.75) is 32.2 Å². The zero-order valence-electron chi connectivity index (χ0n) is 11.6. The lowest BCUT2D eigenvalue weighted by Crippen LogP contribution is -2.58. The highest BCUT2D eigenvalue weighted by Crippen LogP contribution is 2.28. The molecule has 6 heteroatoms. The van der Waals surface area contributed by atoms with Gasteiger partial charge in [-0.3, -0.25) is 0 Å². The Kier molecular flexibility index (Phi) is 4.13. The van der Waals surface area contributed by atoms with Crippen LogP contribution >= 0.6 is 0 Å². The maximum absolute atomic E-state index is 12.2. The lowest BCUT2D eigenvalue weighted by molar-refractivity contribution is -0.274. The molecule has 1 atom stereocenters. The average Bonchev–Trinajstić information content (AvgIpc) is 2.37. The van der Waals surface area contributed by atoms with Crippen LogP contribution in [0.25, 0.3) is 0 Å². The van der Waals surface area contributed by atoms with Gasteiger partial charge in [-0.25, -0.2) is 0 Å². The Bertz CT molecular complexity index is 464. The van der Waals surface area contributed by atoms with E-state index in [2.05, 4.69) is 28.8 Å². The van der Waals surface area contributed by atoms with Crippen molar-refractivity contribution in [2.75, 3.05) is 24.5 Å². The molecule has 0 bridgehead atoms. The molecule has 1 aromatic rings. The molecule has 0 saturated carbocycles. The Morgan fingerprint density at radius 2 is 2.15 bits per heavy atom. The molecule has 20 heavy (non-hydrogen) atoms. The molecule has 0 spiro atoms. The van der Waals surface area contributed by atoms with Gasteiger partial charge in [0.25, 0.3) is 0 Å². The van der Waals surface area contributed by atoms with Gasteiger partial charge in [0.1, 0.15) is 5.75 Å². The van der Waals surface area contributed by atoms with E-state index in [-0.39, 0.29) is 11.3 Å². The van der Waals surface area contributed by atoms with Crippen LogP contribution in [-0.2, 0) is 0 Å². The van der Waals surface area contributed by atoms with Gasteiger partial charge in [0.2, 0.25) is 0 Å². The lowest BCUT2D eigenvalue weighted by Gasteiger charge is -2.42. The largest absolute Gasteiger partial charge is 0.573 e. The molecule has 1 unspecified atom stereocenters. The molecule has 1 aromatic carbocycles. The summed E-state index contributed by atoms with van der Waals surface area (Å²) in [4.78, 5) is 2.09. The van der Waals surface area contributed by atoms with Gasteiger partial charge in [-0.1, -0.05) is 13.0 Å². The number of alkyl halides is 3. The average molecular weight is 288 g/mol. The van der Waals surface area contributed by atoms with Crippen LogP contribution in [0.3, 0.4) is 0 Å². The first-order valence-electron chi connectivity index (χ1n) is 6.67. The van der Waals surface area contributed by atoms with Crippen LogP contribution in [0.1, 0.15) is 20.3 Å². The number of halogens is 3. The van der Waals surface area contributed by atoms with E-state index >= 15 is 0 Å². The number of nitrogens with zero attached hydrogens (tertiary/aromatic N) is 1. The summed E-state index contributed by atoms with van der Waals surface area (Å²) >= 11 is 0. The zero-order chi connectivity index (χ0) is 14.8. The van der Waals surface area contributed by atoms with Gasteiger partial charge in [0.05, 0.1) is 0 Å². The normalized spacial score (nSPS) is 23.8. The molecule has 1 heterocycles. The second-order valence-corrected chi connectivity index (χ2v) is 5.31. The molecule has 0 radical (unpaired) electrons. The zero-order valence-corrected chi connectivity index (χ0v) is 11.6. The van der Waals surface area contributed by atoms with E-state index in [1.54, 1.807) is 6.07 Å². The summed E-state index contributed by atoms with van der Waals surface area (Å²) < 4.78 is 40.7. The third kappa shape index (κ3) is 3.79. The minimum absolute atomic E-state index is 0.0147. The summed E-state index contributed by atoms with van der Waals surface area (Å²) in [6, 6.07) is 6.15. The van der Waals surface area contributed by atoms with Crippen LogP contribution in [0.4, 0.5) is 18.9 Å². The van der Waals surface area contributed by atoms with Crippen LogP contribution < -0.4 is 15.0 Å². The molecular formula is C14H19F3N2O. The van der Waals surface area contributed by atoms with Gasteiger partial charge in [0.15, 0.2) is 0 Å². The highest BCUT2D eigenvalue weighted by Gasteiger charge is 2.32. The van der Waals surface area contributed by atoms with Crippen LogP contribution in [-0.4, -0.2) is 31.5 Å². The Hall–Kier alpha value is -1.43. The number of piperazine rings is 1. The second kappa shape index (κ2) is 5.52. The summed E-state index contributed by atoms with van der Waals surface area (Å²) in [6.45, 7) is 6.56. The quantitative estimate of drug-likeness (QED) is 0.924. The first-order chi connectivity index (χ1) is 9.31. The predicted octanol–water partition coefficient (Wildman–Crippen LogP) is 3.16. The van der Waals surface area contributed by atoms with Crippen molar-refractivity contribution in [2.24, 2.45) is 0 Å². The molecule has 1 fully saturated rings. The van der Waals surface area contributed by atoms with E-state index < -0.39 is 6.36 Å². The van der Waals surface area contributed by atoms with Gasteiger partial charge >= 0.3 is 6.36 Å². The van der Waals surface area contributed by atoms with E-state index in [0.717, 1.165) is 31.7 Å². The van der Waals surface area contributed by atoms with Crippen LogP contribution in [0, 0.1) is 0 Å². The molecule has 0 aromatic heterocycles. The molecule has 0 amide bonds. The fraction of sp³-hybridized carbons (Fsp3) is 0.571. The van der Waals surface area contributed by atoms with Gasteiger partial charge in [-0.05, 0) is 25.5 Å². The van der Waals surface area contributed by atoms with Crippen molar-refractivity contribution >= 4 is 5.69 Å². The topological polar surface area (TPSA) is 24.5 Å². The standard InChI is InChI=1S/C14H19F3N2O/c1-3-13(2)10-19(8-7-18-13)11-5-4-6-12(9-11)20-14(15,16)17/h4-6,9,18H,3,7-8,10H2,1-2H3. The van der Waals surface area contributed by atoms with E-state index in [9.17, 15) is 13.2 Å². The Labute approximate surface area is 116 Å². The minimum Gasteiger partial charge on any atom is -0.406 e. The van der Waals surface area contributed by atoms with E-state index in [1.807, 2.05) is 6.07 Å². The van der Waals surface area contributed by atoms with Crippen molar-refractivity contribution < 1.29 is 17.9 Å². The number of anilines is 1. The summed E-state index contributed by atoms with van der Waals surface area (Å²) in [5.74, 6) is -0.174. The molecule has 3 nitrogen and oxygen atoms in total. The van der Waals surface area contributed by atoms with E-state index in [0.29, 0.717) is 0 Å². The molecule has 1 N–H and O–H groups in total. The molecule has 112 valence electrons. The maximum Gasteiger partial charge on any atom is 0.573 e. The monoisotopic (exact) mass is 288 g/mol. The highest BCUT2D eigenvalue weighted by atomic mass is 19.4. The van der Waals surface area contributed by atoms with Gasteiger partial charge < -0.3 is 15.0 Å². The van der Waals surface area contributed by atoms with E-state index in [1.165, 1.54) is 12.1 Å². The fourth-order valence-electron chi connectivity index (χ4n) is 2.38. The Morgan fingerprint density at radius 1 is 1.40 bits per heavy atom. The number of hydrogen-bond donors (Lipinski definition) is 1. The van der Waals surface area contributed by atoms with Crippen molar-refractivity contribution in [1.82, 2.24) is 5.32 Å². The van der Waals surface area contributed by atoms with Gasteiger partial charge in [0, 0.05) is 36.9 Å². The van der Waals surface area contributed by atoms with Crippen molar-refractivity contribution in [3.63, 3.8) is 0 Å². The van der Waals surface area contributed by atoms with Crippen molar-refractivity contribution in [1.29, 1.82) is 0 Å². The minimum atomic E-state index is -4.65. The molecule has 2 rings (SSSR count). The first-order valence-corrected chi connectivity index (χ1v) is 6.67. The first kappa shape index (κ1) is 15.0. The highest BCUT2D eigenvalue weighted by molar-refractivity contribution is 5.51. The van der Waals surface area contributed by atoms with Crippen molar-refractivity contribution in [3.05, 3.63) is 24.3 Å². The lowest BCUT2D eigenvalue weighted by atomic mass is 9.95. The molecular weight excluding hydrogens is 269 g/mol. The number of hydrogen-bond acceptors (Lipinski definition) is 3. The van der Waals surface area contributed by atoms with Crippen molar-refractivity contribution in [3.8, 4) is 5.75 Å². The smallest absolute Gasteiger partial charge is 0.406 e. The molecule has 1 aliphatic rings. The Morgan fingerprint density at radius 3 is 2.80 bits per heavy atom. The SMILES string of the molecule is CCC1(C)CN(c2cccc(OC(F)(F)F)c2)CCN1. The summed E-state index contributed by atoms with van der Waals surface area (Å²) in [5.41, 5.74) is 0.743. The van der Waals surface area contributed by atoms with Crippen LogP contribution in [0.15, 0.2) is 24.3 Å². The summed E-state index contributed by atoms with van der Waals surface area (Å²) in [5, 5.41) is 3.44. The van der Waals surface area contributed by atoms with Crippen LogP contribution in [0.5, 0.6) is 5.75 Å². The number of ether oxygens (including phenoxy) is 1. The number of rotatable bonds is 3. The summed E-state index contributed by atoms with van der Waals surface area (Å²) in [6.07, 6.45) is -3.69. The molecule has 1 saturated heterocycles. The molecule has 1 aliphatic heterocycles. The number of benzene rings is 1. The fourth-order valence-corrected chi connectivity index (χ4v) is 2.38. The van der Waals surface area contributed by atoms with Gasteiger partial charge in [-0.2, -0.15) is 0 Å². The third-order valence-corrected chi connectivity index (χ3v) is 3.67. The second-order valence-electron chi connectivity index (χ2n) is 5.31. The third-order valence-electron chi connectivity index (χ3n) is 3.67. The molecule has 0 aliphatic carbocycles. The van der Waals surface area contributed by atoms with Crippen LogP contribution in [0.2, 0.25) is 0 Å².